The van der Waals surface area contributed by atoms with Crippen LogP contribution in [0.4, 0.5) is 0 Å². The smallest absolute Gasteiger partial charge is 0.338 e. The number of rotatable bonds is 3. The van der Waals surface area contributed by atoms with Crippen molar-refractivity contribution in [1.82, 2.24) is 0 Å². The van der Waals surface area contributed by atoms with Crippen LogP contribution in [0.15, 0.2) is 64.8 Å². The second-order valence-corrected chi connectivity index (χ2v) is 10.2. The van der Waals surface area contributed by atoms with Crippen molar-refractivity contribution >= 4 is 17.9 Å². The van der Waals surface area contributed by atoms with Crippen LogP contribution in [0.5, 0.6) is 0 Å². The van der Waals surface area contributed by atoms with Gasteiger partial charge in [0, 0.05) is 24.3 Å². The first-order valence-corrected chi connectivity index (χ1v) is 12.3. The predicted octanol–water partition coefficient (Wildman–Crippen LogP) is 5.49. The monoisotopic (exact) mass is 478 g/mol. The van der Waals surface area contributed by atoms with E-state index >= 15 is 0 Å². The zero-order chi connectivity index (χ0) is 25.3. The fraction of sp³-hybridized carbons (Fsp3) is 0.483. The normalized spacial score (nSPS) is 30.8. The van der Waals surface area contributed by atoms with E-state index < -0.39 is 29.7 Å². The number of hydrogen-bond donors (Lipinski definition) is 0. The fourth-order valence-electron chi connectivity index (χ4n) is 5.80. The highest BCUT2D eigenvalue weighted by atomic mass is 16.6. The average Bonchev–Trinajstić information content (AvgIpc) is 3.08. The van der Waals surface area contributed by atoms with E-state index in [9.17, 15) is 14.4 Å². The Bertz CT molecular complexity index is 1110. The standard InChI is InChI=1S/C29H34O6/c1-17-11-13-26(35-28(32)21-9-7-6-8-10-21)29(5)23(18(2)12-14-25(29)33-20(4)30)16-22-19(3)27(31)34-24(22)15-17/h6-10,12,15,23-26H,11,13-14,16H2,1-5H3/t23-,24-,25-,26-,29+/m0/s1. The summed E-state index contributed by atoms with van der Waals surface area (Å²) >= 11 is 0. The first kappa shape index (κ1) is 25.0. The van der Waals surface area contributed by atoms with Gasteiger partial charge in [-0.05, 0) is 69.7 Å². The van der Waals surface area contributed by atoms with Crippen LogP contribution in [0.1, 0.15) is 70.7 Å². The number of benzene rings is 1. The minimum atomic E-state index is -0.698. The molecule has 0 bridgehead atoms. The average molecular weight is 479 g/mol. The van der Waals surface area contributed by atoms with Crippen molar-refractivity contribution < 1.29 is 28.6 Å². The van der Waals surface area contributed by atoms with E-state index in [1.54, 1.807) is 12.1 Å². The van der Waals surface area contributed by atoms with E-state index in [4.69, 9.17) is 14.2 Å². The highest BCUT2D eigenvalue weighted by Crippen LogP contribution is 2.52. The molecule has 0 amide bonds. The lowest BCUT2D eigenvalue weighted by atomic mass is 9.59. The highest BCUT2D eigenvalue weighted by molar-refractivity contribution is 5.92. The summed E-state index contributed by atoms with van der Waals surface area (Å²) in [5.74, 6) is -1.16. The number of fused-ring (bicyclic) bond motifs is 2. The molecule has 0 saturated heterocycles. The van der Waals surface area contributed by atoms with E-state index in [0.29, 0.717) is 36.8 Å². The van der Waals surface area contributed by atoms with Crippen molar-refractivity contribution in [1.29, 1.82) is 0 Å². The zero-order valence-corrected chi connectivity index (χ0v) is 21.1. The lowest BCUT2D eigenvalue weighted by molar-refractivity contribution is -0.166. The molecule has 1 aromatic rings. The van der Waals surface area contributed by atoms with Gasteiger partial charge in [0.25, 0.3) is 0 Å². The Kier molecular flexibility index (Phi) is 7.02. The van der Waals surface area contributed by atoms with Crippen LogP contribution in [-0.4, -0.2) is 36.2 Å². The molecule has 5 atom stereocenters. The van der Waals surface area contributed by atoms with Gasteiger partial charge >= 0.3 is 17.9 Å². The van der Waals surface area contributed by atoms with Crippen molar-refractivity contribution in [3.05, 3.63) is 70.3 Å². The quantitative estimate of drug-likeness (QED) is 0.325. The molecule has 0 fully saturated rings. The lowest BCUT2D eigenvalue weighted by Crippen LogP contribution is -2.54. The number of hydrogen-bond acceptors (Lipinski definition) is 6. The second-order valence-electron chi connectivity index (χ2n) is 10.2. The van der Waals surface area contributed by atoms with Gasteiger partial charge in [0.2, 0.25) is 0 Å². The first-order chi connectivity index (χ1) is 16.6. The van der Waals surface area contributed by atoms with Crippen molar-refractivity contribution in [2.75, 3.05) is 0 Å². The molecule has 6 nitrogen and oxygen atoms in total. The Labute approximate surface area is 207 Å². The summed E-state index contributed by atoms with van der Waals surface area (Å²) in [6.07, 6.45) is 5.07. The van der Waals surface area contributed by atoms with Gasteiger partial charge < -0.3 is 14.2 Å². The molecule has 1 aliphatic heterocycles. The Morgan fingerprint density at radius 2 is 1.77 bits per heavy atom. The van der Waals surface area contributed by atoms with E-state index in [0.717, 1.165) is 16.7 Å². The van der Waals surface area contributed by atoms with Gasteiger partial charge in [0.15, 0.2) is 0 Å². The van der Waals surface area contributed by atoms with Crippen LogP contribution in [0.3, 0.4) is 0 Å². The van der Waals surface area contributed by atoms with Gasteiger partial charge in [-0.15, -0.1) is 0 Å². The summed E-state index contributed by atoms with van der Waals surface area (Å²) in [6.45, 7) is 9.36. The van der Waals surface area contributed by atoms with Crippen molar-refractivity contribution in [3.63, 3.8) is 0 Å². The highest BCUT2D eigenvalue weighted by Gasteiger charge is 2.54. The number of carbonyl (C=O) groups is 3. The number of carbonyl (C=O) groups excluding carboxylic acids is 3. The van der Waals surface area contributed by atoms with Gasteiger partial charge in [0.05, 0.1) is 5.56 Å². The van der Waals surface area contributed by atoms with Gasteiger partial charge in [-0.3, -0.25) is 4.79 Å². The summed E-state index contributed by atoms with van der Waals surface area (Å²) in [6, 6.07) is 8.95. The summed E-state index contributed by atoms with van der Waals surface area (Å²) in [5.41, 5.74) is 3.55. The van der Waals surface area contributed by atoms with E-state index in [1.165, 1.54) is 6.92 Å². The molecule has 186 valence electrons. The largest absolute Gasteiger partial charge is 0.461 e. The van der Waals surface area contributed by atoms with E-state index in [1.807, 2.05) is 38.1 Å². The summed E-state index contributed by atoms with van der Waals surface area (Å²) < 4.78 is 17.8. The molecular weight excluding hydrogens is 444 g/mol. The topological polar surface area (TPSA) is 78.9 Å². The van der Waals surface area contributed by atoms with Crippen LogP contribution in [-0.2, 0) is 23.8 Å². The molecule has 6 heteroatoms. The van der Waals surface area contributed by atoms with E-state index in [-0.39, 0.29) is 17.9 Å². The molecule has 1 heterocycles. The third-order valence-corrected chi connectivity index (χ3v) is 7.94. The summed E-state index contributed by atoms with van der Waals surface area (Å²) in [5, 5.41) is 0. The molecule has 4 rings (SSSR count). The molecule has 0 unspecified atom stereocenters. The van der Waals surface area contributed by atoms with E-state index in [2.05, 4.69) is 19.9 Å². The summed E-state index contributed by atoms with van der Waals surface area (Å²) in [7, 11) is 0. The Hall–Kier alpha value is -3.15. The number of esters is 3. The molecule has 0 radical (unpaired) electrons. The minimum Gasteiger partial charge on any atom is -0.461 e. The van der Waals surface area contributed by atoms with Crippen LogP contribution in [0.25, 0.3) is 0 Å². The SMILES string of the molecule is CC(=O)O[C@H]1CC=C(C)[C@@H]2CC3=C(C)C(=O)O[C@H]3C=C(C)CC[C@H](OC(=O)c3ccccc3)[C@@]12C. The lowest BCUT2D eigenvalue weighted by Gasteiger charge is -2.50. The Morgan fingerprint density at radius 1 is 1.06 bits per heavy atom. The van der Waals surface area contributed by atoms with Gasteiger partial charge in [-0.25, -0.2) is 9.59 Å². The second kappa shape index (κ2) is 9.84. The zero-order valence-electron chi connectivity index (χ0n) is 21.1. The van der Waals surface area contributed by atoms with Gasteiger partial charge in [-0.2, -0.15) is 0 Å². The third kappa shape index (κ3) is 4.84. The van der Waals surface area contributed by atoms with Gasteiger partial charge in [-0.1, -0.05) is 42.3 Å². The summed E-state index contributed by atoms with van der Waals surface area (Å²) in [4.78, 5) is 37.8. The van der Waals surface area contributed by atoms with Crippen molar-refractivity contribution in [2.24, 2.45) is 11.3 Å². The molecular formula is C29H34O6. The third-order valence-electron chi connectivity index (χ3n) is 7.94. The van der Waals surface area contributed by atoms with Crippen LogP contribution < -0.4 is 0 Å². The molecule has 1 aromatic carbocycles. The van der Waals surface area contributed by atoms with Crippen molar-refractivity contribution in [2.45, 2.75) is 78.6 Å². The maximum Gasteiger partial charge on any atom is 0.338 e. The molecule has 3 aliphatic rings. The first-order valence-electron chi connectivity index (χ1n) is 12.3. The number of allylic oxidation sites excluding steroid dienone is 2. The molecule has 0 N–H and O–H groups in total. The minimum absolute atomic E-state index is 0.108. The van der Waals surface area contributed by atoms with Gasteiger partial charge in [0.1, 0.15) is 18.3 Å². The van der Waals surface area contributed by atoms with Crippen LogP contribution >= 0.6 is 0 Å². The van der Waals surface area contributed by atoms with Crippen molar-refractivity contribution in [3.8, 4) is 0 Å². The molecule has 0 spiro atoms. The molecule has 0 aromatic heterocycles. The fourth-order valence-corrected chi connectivity index (χ4v) is 5.80. The molecule has 35 heavy (non-hydrogen) atoms. The van der Waals surface area contributed by atoms with Crippen LogP contribution in [0, 0.1) is 11.3 Å². The molecule has 2 aliphatic carbocycles. The molecule has 0 saturated carbocycles. The predicted molar refractivity (Wildman–Crippen MR) is 131 cm³/mol. The number of ether oxygens (including phenoxy) is 3. The Morgan fingerprint density at radius 3 is 2.46 bits per heavy atom. The maximum atomic E-state index is 13.2. The maximum absolute atomic E-state index is 13.2. The Balaban J connectivity index is 1.82. The van der Waals surface area contributed by atoms with Crippen LogP contribution in [0.2, 0.25) is 0 Å².